The van der Waals surface area contributed by atoms with Crippen LogP contribution in [0, 0.1) is 6.92 Å². The molecule has 0 spiro atoms. The Balaban J connectivity index is 1.90. The number of benzene rings is 1. The van der Waals surface area contributed by atoms with Gasteiger partial charge in [-0.1, -0.05) is 0 Å². The van der Waals surface area contributed by atoms with Crippen LogP contribution in [-0.2, 0) is 0 Å². The molecule has 2 N–H and O–H groups in total. The molecule has 0 radical (unpaired) electrons. The third kappa shape index (κ3) is 1.58. The molecule has 102 valence electrons. The highest BCUT2D eigenvalue weighted by atomic mass is 32.1. The molecule has 4 rings (SSSR count). The van der Waals surface area contributed by atoms with E-state index < -0.39 is 0 Å². The van der Waals surface area contributed by atoms with Gasteiger partial charge in [0.2, 0.25) is 0 Å². The second-order valence-corrected chi connectivity index (χ2v) is 5.52. The summed E-state index contributed by atoms with van der Waals surface area (Å²) in [6, 6.07) is 5.95. The first kappa shape index (κ1) is 11.6. The molecule has 0 unspecified atom stereocenters. The highest BCUT2D eigenvalue weighted by Gasteiger charge is 2.16. The fraction of sp³-hybridized carbons (Fsp3) is 0.214. The van der Waals surface area contributed by atoms with E-state index in [0.717, 1.165) is 33.4 Å². The van der Waals surface area contributed by atoms with Crippen LogP contribution in [0.25, 0.3) is 16.2 Å². The first-order valence-electron chi connectivity index (χ1n) is 6.36. The molecule has 5 nitrogen and oxygen atoms in total. The van der Waals surface area contributed by atoms with E-state index in [1.54, 1.807) is 11.3 Å². The van der Waals surface area contributed by atoms with E-state index in [1.165, 1.54) is 0 Å². The Hall–Kier alpha value is -2.21. The van der Waals surface area contributed by atoms with Gasteiger partial charge in [0.05, 0.1) is 11.4 Å². The molecule has 0 atom stereocenters. The third-order valence-electron chi connectivity index (χ3n) is 3.42. The zero-order valence-corrected chi connectivity index (χ0v) is 11.7. The normalized spacial score (nSPS) is 13.8. The first-order valence-corrected chi connectivity index (χ1v) is 7.24. The van der Waals surface area contributed by atoms with Crippen molar-refractivity contribution in [2.75, 3.05) is 18.9 Å². The minimum absolute atomic E-state index is 0.585. The Kier molecular flexibility index (Phi) is 2.40. The molecule has 0 saturated carbocycles. The van der Waals surface area contributed by atoms with Crippen molar-refractivity contribution in [1.82, 2.24) is 9.38 Å². The van der Waals surface area contributed by atoms with Crippen molar-refractivity contribution in [3.8, 4) is 22.8 Å². The van der Waals surface area contributed by atoms with E-state index in [2.05, 4.69) is 10.4 Å². The number of hydrogen-bond acceptors (Lipinski definition) is 5. The van der Waals surface area contributed by atoms with E-state index in [0.29, 0.717) is 19.0 Å². The van der Waals surface area contributed by atoms with E-state index in [9.17, 15) is 0 Å². The van der Waals surface area contributed by atoms with E-state index >= 15 is 0 Å². The highest BCUT2D eigenvalue weighted by Crippen LogP contribution is 2.36. The number of hydrogen-bond donors (Lipinski definition) is 1. The summed E-state index contributed by atoms with van der Waals surface area (Å²) in [7, 11) is 0. The molecule has 0 bridgehead atoms. The predicted octanol–water partition coefficient (Wildman–Crippen LogP) is 2.72. The molecule has 0 aliphatic carbocycles. The maximum absolute atomic E-state index is 6.11. The average Bonchev–Trinajstić information content (AvgIpc) is 3.00. The number of aromatic nitrogens is 2. The SMILES string of the molecule is Cc1nc2scc(-c3ccc4c(c3)OCCO4)n2c1N. The van der Waals surface area contributed by atoms with Gasteiger partial charge in [0.15, 0.2) is 16.5 Å². The van der Waals surface area contributed by atoms with Crippen molar-refractivity contribution >= 4 is 22.1 Å². The van der Waals surface area contributed by atoms with Gasteiger partial charge in [-0.05, 0) is 25.1 Å². The number of ether oxygens (including phenoxy) is 2. The van der Waals surface area contributed by atoms with E-state index in [1.807, 2.05) is 29.5 Å². The molecule has 1 aliphatic heterocycles. The van der Waals surface area contributed by atoms with Crippen LogP contribution >= 0.6 is 11.3 Å². The van der Waals surface area contributed by atoms with Crippen molar-refractivity contribution in [2.24, 2.45) is 0 Å². The van der Waals surface area contributed by atoms with Gasteiger partial charge in [0, 0.05) is 10.9 Å². The lowest BCUT2D eigenvalue weighted by Gasteiger charge is -2.18. The fourth-order valence-electron chi connectivity index (χ4n) is 2.39. The average molecular weight is 287 g/mol. The number of nitrogen functional groups attached to an aromatic ring is 1. The monoisotopic (exact) mass is 287 g/mol. The smallest absolute Gasteiger partial charge is 0.196 e. The Labute approximate surface area is 119 Å². The summed E-state index contributed by atoms with van der Waals surface area (Å²) in [4.78, 5) is 5.35. The Morgan fingerprint density at radius 3 is 2.90 bits per heavy atom. The van der Waals surface area contributed by atoms with E-state index in [4.69, 9.17) is 15.2 Å². The summed E-state index contributed by atoms with van der Waals surface area (Å²) in [6.45, 7) is 3.10. The number of imidazole rings is 1. The number of aryl methyl sites for hydroxylation is 1. The molecule has 20 heavy (non-hydrogen) atoms. The van der Waals surface area contributed by atoms with Crippen LogP contribution < -0.4 is 15.2 Å². The van der Waals surface area contributed by atoms with Crippen LogP contribution in [0.1, 0.15) is 5.69 Å². The molecule has 0 saturated heterocycles. The molecule has 0 amide bonds. The molecule has 3 heterocycles. The molecule has 6 heteroatoms. The molecule has 2 aromatic heterocycles. The van der Waals surface area contributed by atoms with Gasteiger partial charge in [0.1, 0.15) is 19.0 Å². The predicted molar refractivity (Wildman–Crippen MR) is 78.6 cm³/mol. The standard InChI is InChI=1S/C14H13N3O2S/c1-8-13(15)17-10(7-20-14(17)16-8)9-2-3-11-12(6-9)19-5-4-18-11/h2-3,6-7H,4-5,15H2,1H3. The van der Waals surface area contributed by atoms with Crippen LogP contribution in [0.4, 0.5) is 5.82 Å². The van der Waals surface area contributed by atoms with Crippen molar-refractivity contribution in [3.05, 3.63) is 29.3 Å². The van der Waals surface area contributed by atoms with Gasteiger partial charge >= 0.3 is 0 Å². The molecule has 1 aromatic carbocycles. The van der Waals surface area contributed by atoms with Crippen molar-refractivity contribution < 1.29 is 9.47 Å². The minimum Gasteiger partial charge on any atom is -0.486 e. The van der Waals surface area contributed by atoms with Gasteiger partial charge in [-0.3, -0.25) is 4.40 Å². The number of nitrogens with two attached hydrogens (primary N) is 1. The second kappa shape index (κ2) is 4.14. The summed E-state index contributed by atoms with van der Waals surface area (Å²) in [5.41, 5.74) is 9.04. The topological polar surface area (TPSA) is 61.8 Å². The van der Waals surface area contributed by atoms with Gasteiger partial charge in [-0.15, -0.1) is 11.3 Å². The van der Waals surface area contributed by atoms with Crippen LogP contribution in [-0.4, -0.2) is 22.6 Å². The lowest BCUT2D eigenvalue weighted by molar-refractivity contribution is 0.171. The second-order valence-electron chi connectivity index (χ2n) is 4.68. The Bertz CT molecular complexity index is 806. The summed E-state index contributed by atoms with van der Waals surface area (Å²) >= 11 is 1.58. The maximum Gasteiger partial charge on any atom is 0.196 e. The number of rotatable bonds is 1. The van der Waals surface area contributed by atoms with Crippen LogP contribution in [0.2, 0.25) is 0 Å². The van der Waals surface area contributed by atoms with Crippen molar-refractivity contribution in [2.45, 2.75) is 6.92 Å². The lowest BCUT2D eigenvalue weighted by Crippen LogP contribution is -2.15. The number of thiazole rings is 1. The van der Waals surface area contributed by atoms with Gasteiger partial charge in [-0.2, -0.15) is 0 Å². The number of fused-ring (bicyclic) bond motifs is 2. The third-order valence-corrected chi connectivity index (χ3v) is 4.25. The Morgan fingerprint density at radius 2 is 2.05 bits per heavy atom. The maximum atomic E-state index is 6.11. The molecular formula is C14H13N3O2S. The molecule has 1 aliphatic rings. The van der Waals surface area contributed by atoms with Gasteiger partial charge in [0.25, 0.3) is 0 Å². The largest absolute Gasteiger partial charge is 0.486 e. The quantitative estimate of drug-likeness (QED) is 0.747. The first-order chi connectivity index (χ1) is 9.74. The van der Waals surface area contributed by atoms with Crippen LogP contribution in [0.15, 0.2) is 23.6 Å². The lowest BCUT2D eigenvalue weighted by atomic mass is 10.1. The Morgan fingerprint density at radius 1 is 1.25 bits per heavy atom. The van der Waals surface area contributed by atoms with Gasteiger partial charge in [-0.25, -0.2) is 4.98 Å². The summed E-state index contributed by atoms with van der Waals surface area (Å²) in [6.07, 6.45) is 0. The zero-order chi connectivity index (χ0) is 13.7. The number of nitrogens with zero attached hydrogens (tertiary/aromatic N) is 2. The van der Waals surface area contributed by atoms with Crippen LogP contribution in [0.3, 0.4) is 0 Å². The molecular weight excluding hydrogens is 274 g/mol. The van der Waals surface area contributed by atoms with Crippen LogP contribution in [0.5, 0.6) is 11.5 Å². The zero-order valence-electron chi connectivity index (χ0n) is 10.9. The van der Waals surface area contributed by atoms with Crippen molar-refractivity contribution in [3.63, 3.8) is 0 Å². The summed E-state index contributed by atoms with van der Waals surface area (Å²) in [5.74, 6) is 2.26. The fourth-order valence-corrected chi connectivity index (χ4v) is 3.34. The molecule has 3 aromatic rings. The summed E-state index contributed by atoms with van der Waals surface area (Å²) < 4.78 is 13.2. The van der Waals surface area contributed by atoms with E-state index in [-0.39, 0.29) is 0 Å². The number of anilines is 1. The summed E-state index contributed by atoms with van der Waals surface area (Å²) in [5, 5.41) is 2.06. The van der Waals surface area contributed by atoms with Crippen molar-refractivity contribution in [1.29, 1.82) is 0 Å². The van der Waals surface area contributed by atoms with Gasteiger partial charge < -0.3 is 15.2 Å². The minimum atomic E-state index is 0.585. The highest BCUT2D eigenvalue weighted by molar-refractivity contribution is 7.15. The molecule has 0 fully saturated rings.